The molecule has 6 rings (SSSR count). The van der Waals surface area contributed by atoms with Crippen molar-refractivity contribution in [3.05, 3.63) is 89.0 Å². The van der Waals surface area contributed by atoms with Crippen molar-refractivity contribution in [1.29, 1.82) is 0 Å². The SMILES string of the molecule is CC(C)(C)OC(=O)NC1(C(=O)N2CCC(C(=O)N3CC=C4C(C)(C)C(c5ccc(C(=O)O)cc5)=CC[C@]4(C)C3)(c3ccccc3)CC2)CC1. The summed E-state index contributed by atoms with van der Waals surface area (Å²) in [5.41, 5.74) is 1.78. The monoisotopic (exact) mass is 667 g/mol. The summed E-state index contributed by atoms with van der Waals surface area (Å²) < 4.78 is 5.44. The van der Waals surface area contributed by atoms with E-state index in [4.69, 9.17) is 4.74 Å². The van der Waals surface area contributed by atoms with E-state index in [0.29, 0.717) is 51.9 Å². The first-order valence-corrected chi connectivity index (χ1v) is 17.4. The van der Waals surface area contributed by atoms with E-state index in [-0.39, 0.29) is 28.2 Å². The highest BCUT2D eigenvalue weighted by molar-refractivity contribution is 5.94. The second-order valence-corrected chi connectivity index (χ2v) is 16.1. The molecule has 49 heavy (non-hydrogen) atoms. The maximum absolute atomic E-state index is 14.8. The summed E-state index contributed by atoms with van der Waals surface area (Å²) in [4.78, 5) is 56.4. The molecule has 3 amide bonds. The first-order valence-electron chi connectivity index (χ1n) is 17.4. The fraction of sp³-hybridized carbons (Fsp3) is 0.500. The molecule has 9 heteroatoms. The molecule has 2 aromatic carbocycles. The van der Waals surface area contributed by atoms with Gasteiger partial charge in [-0.25, -0.2) is 9.59 Å². The topological polar surface area (TPSA) is 116 Å². The van der Waals surface area contributed by atoms with Gasteiger partial charge in [-0.1, -0.05) is 81.0 Å². The first kappa shape index (κ1) is 34.5. The van der Waals surface area contributed by atoms with Crippen LogP contribution in [0.15, 0.2) is 72.3 Å². The van der Waals surface area contributed by atoms with E-state index >= 15 is 0 Å². The number of rotatable bonds is 6. The molecule has 0 spiro atoms. The van der Waals surface area contributed by atoms with Gasteiger partial charge in [0.2, 0.25) is 11.8 Å². The summed E-state index contributed by atoms with van der Waals surface area (Å²) in [6, 6.07) is 17.0. The van der Waals surface area contributed by atoms with Crippen molar-refractivity contribution in [2.24, 2.45) is 10.8 Å². The van der Waals surface area contributed by atoms with Gasteiger partial charge in [0.1, 0.15) is 11.1 Å². The molecule has 9 nitrogen and oxygen atoms in total. The van der Waals surface area contributed by atoms with Gasteiger partial charge < -0.3 is 25.0 Å². The number of nitrogens with zero attached hydrogens (tertiary/aromatic N) is 2. The third-order valence-electron chi connectivity index (χ3n) is 11.1. The van der Waals surface area contributed by atoms with Crippen LogP contribution in [-0.2, 0) is 19.7 Å². The molecule has 2 aromatic rings. The van der Waals surface area contributed by atoms with Crippen LogP contribution >= 0.6 is 0 Å². The van der Waals surface area contributed by atoms with E-state index in [1.54, 1.807) is 32.9 Å². The van der Waals surface area contributed by atoms with Gasteiger partial charge in [-0.05, 0) is 81.7 Å². The smallest absolute Gasteiger partial charge is 0.408 e. The van der Waals surface area contributed by atoms with Gasteiger partial charge >= 0.3 is 12.1 Å². The normalized spacial score (nSPS) is 23.7. The highest BCUT2D eigenvalue weighted by atomic mass is 16.6. The maximum atomic E-state index is 14.8. The number of aromatic carboxylic acids is 1. The molecule has 1 saturated heterocycles. The van der Waals surface area contributed by atoms with Gasteiger partial charge in [-0.15, -0.1) is 0 Å². The van der Waals surface area contributed by atoms with Crippen LogP contribution in [0.25, 0.3) is 5.57 Å². The molecular formula is C40H49N3O6. The van der Waals surface area contributed by atoms with E-state index in [1.165, 1.54) is 11.1 Å². The number of fused-ring (bicyclic) bond motifs is 1. The number of allylic oxidation sites excluding steroid dienone is 2. The predicted molar refractivity (Wildman–Crippen MR) is 188 cm³/mol. The van der Waals surface area contributed by atoms with E-state index < -0.39 is 28.6 Å². The van der Waals surface area contributed by atoms with Crippen LogP contribution in [0.2, 0.25) is 0 Å². The number of nitrogens with one attached hydrogen (secondary N) is 1. The van der Waals surface area contributed by atoms with Gasteiger partial charge in [0.15, 0.2) is 0 Å². The molecule has 1 atom stereocenters. The fourth-order valence-corrected chi connectivity index (χ4v) is 8.45. The number of alkyl carbamates (subject to hydrolysis) is 1. The Labute approximate surface area is 289 Å². The second-order valence-electron chi connectivity index (χ2n) is 16.1. The van der Waals surface area contributed by atoms with Crippen molar-refractivity contribution in [1.82, 2.24) is 15.1 Å². The number of hydrogen-bond donors (Lipinski definition) is 2. The Kier molecular flexibility index (Phi) is 8.57. The number of carbonyl (C=O) groups is 4. The number of ether oxygens (including phenoxy) is 1. The third kappa shape index (κ3) is 6.40. The summed E-state index contributed by atoms with van der Waals surface area (Å²) in [5, 5.41) is 12.2. The lowest BCUT2D eigenvalue weighted by molar-refractivity contribution is -0.145. The summed E-state index contributed by atoms with van der Waals surface area (Å²) in [6.07, 6.45) is 6.81. The summed E-state index contributed by atoms with van der Waals surface area (Å²) >= 11 is 0. The standard InChI is InChI=1S/C40H49N3O6/c1-36(2,3)49-35(48)41-40(19-20-40)34(47)42-24-21-39(22-25-42,29-10-8-7-9-11-29)33(46)43-23-17-31-37(4,5)30(16-18-38(31,6)26-43)27-12-14-28(15-13-27)32(44)45/h7-17H,18-26H2,1-6H3,(H,41,48)(H,44,45)/t38-/m1/s1. The van der Waals surface area contributed by atoms with E-state index in [1.807, 2.05) is 52.3 Å². The Hall–Kier alpha value is -4.40. The van der Waals surface area contributed by atoms with Crippen molar-refractivity contribution in [3.8, 4) is 0 Å². The average Bonchev–Trinajstić information content (AvgIpc) is 3.83. The Bertz CT molecular complexity index is 1710. The number of carbonyl (C=O) groups excluding carboxylic acids is 3. The molecule has 1 saturated carbocycles. The zero-order valence-electron chi connectivity index (χ0n) is 29.6. The van der Waals surface area contributed by atoms with Crippen molar-refractivity contribution in [3.63, 3.8) is 0 Å². The number of carboxylic acids is 1. The Balaban J connectivity index is 1.21. The van der Waals surface area contributed by atoms with Crippen molar-refractivity contribution < 1.29 is 29.0 Å². The highest BCUT2D eigenvalue weighted by Gasteiger charge is 2.56. The number of carboxylic acid groups (broad SMARTS) is 1. The molecule has 2 aliphatic heterocycles. The molecule has 4 aliphatic rings. The number of likely N-dealkylation sites (tertiary alicyclic amines) is 1. The molecule has 2 N–H and O–H groups in total. The molecule has 0 bridgehead atoms. The summed E-state index contributed by atoms with van der Waals surface area (Å²) in [7, 11) is 0. The fourth-order valence-electron chi connectivity index (χ4n) is 8.45. The van der Waals surface area contributed by atoms with Crippen LogP contribution in [0.3, 0.4) is 0 Å². The average molecular weight is 668 g/mol. The van der Waals surface area contributed by atoms with E-state index in [9.17, 15) is 24.3 Å². The zero-order valence-corrected chi connectivity index (χ0v) is 29.6. The number of amides is 3. The molecule has 0 radical (unpaired) electrons. The molecule has 260 valence electrons. The van der Waals surface area contributed by atoms with E-state index in [0.717, 1.165) is 17.5 Å². The van der Waals surface area contributed by atoms with Crippen molar-refractivity contribution >= 4 is 29.5 Å². The van der Waals surface area contributed by atoms with Crippen molar-refractivity contribution in [2.45, 2.75) is 90.2 Å². The lowest BCUT2D eigenvalue weighted by Gasteiger charge is -2.52. The number of piperidine rings is 1. The molecular weight excluding hydrogens is 618 g/mol. The van der Waals surface area contributed by atoms with Crippen LogP contribution in [0.5, 0.6) is 0 Å². The Morgan fingerprint density at radius 2 is 1.45 bits per heavy atom. The van der Waals surface area contributed by atoms with Gasteiger partial charge in [0.25, 0.3) is 0 Å². The Morgan fingerprint density at radius 1 is 0.816 bits per heavy atom. The lowest BCUT2D eigenvalue weighted by atomic mass is 9.58. The summed E-state index contributed by atoms with van der Waals surface area (Å²) in [6.45, 7) is 14.0. The zero-order chi connectivity index (χ0) is 35.4. The highest BCUT2D eigenvalue weighted by Crippen LogP contribution is 2.56. The van der Waals surface area contributed by atoms with Gasteiger partial charge in [-0.3, -0.25) is 9.59 Å². The summed E-state index contributed by atoms with van der Waals surface area (Å²) in [5.74, 6) is -0.953. The second kappa shape index (κ2) is 12.2. The molecule has 0 aromatic heterocycles. The van der Waals surface area contributed by atoms with Gasteiger partial charge in [0, 0.05) is 37.0 Å². The maximum Gasteiger partial charge on any atom is 0.408 e. The van der Waals surface area contributed by atoms with Crippen LogP contribution in [0.1, 0.15) is 95.1 Å². The minimum atomic E-state index is -0.941. The van der Waals surface area contributed by atoms with Crippen molar-refractivity contribution in [2.75, 3.05) is 26.2 Å². The van der Waals surface area contributed by atoms with Gasteiger partial charge in [0.05, 0.1) is 11.0 Å². The minimum Gasteiger partial charge on any atom is -0.478 e. The molecule has 2 aliphatic carbocycles. The quantitative estimate of drug-likeness (QED) is 0.336. The minimum absolute atomic E-state index is 0.0900. The first-order chi connectivity index (χ1) is 23.0. The molecule has 0 unspecified atom stereocenters. The lowest BCUT2D eigenvalue weighted by Crippen LogP contribution is -2.59. The predicted octanol–water partition coefficient (Wildman–Crippen LogP) is 6.59. The number of benzene rings is 2. The van der Waals surface area contributed by atoms with Crippen LogP contribution in [0, 0.1) is 10.8 Å². The van der Waals surface area contributed by atoms with E-state index in [2.05, 4.69) is 38.2 Å². The Morgan fingerprint density at radius 3 is 2.02 bits per heavy atom. The largest absolute Gasteiger partial charge is 0.478 e. The van der Waals surface area contributed by atoms with Gasteiger partial charge in [-0.2, -0.15) is 0 Å². The molecule has 2 heterocycles. The number of hydrogen-bond acceptors (Lipinski definition) is 5. The van der Waals surface area contributed by atoms with Crippen LogP contribution in [0.4, 0.5) is 4.79 Å². The third-order valence-corrected chi connectivity index (χ3v) is 11.1. The molecule has 2 fully saturated rings. The van der Waals surface area contributed by atoms with Crippen LogP contribution in [-0.4, -0.2) is 76.1 Å². The van der Waals surface area contributed by atoms with Crippen LogP contribution < -0.4 is 5.32 Å².